The molecule has 3 rings (SSSR count). The van der Waals surface area contributed by atoms with Crippen molar-refractivity contribution in [2.45, 2.75) is 37.9 Å². The van der Waals surface area contributed by atoms with E-state index in [0.717, 1.165) is 19.4 Å². The molecule has 2 atom stereocenters. The van der Waals surface area contributed by atoms with Gasteiger partial charge in [-0.2, -0.15) is 0 Å². The molecule has 118 valence electrons. The normalized spacial score (nSPS) is 27.4. The van der Waals surface area contributed by atoms with Crippen molar-refractivity contribution in [1.29, 1.82) is 0 Å². The maximum absolute atomic E-state index is 13.8. The predicted molar refractivity (Wildman–Crippen MR) is 79.0 cm³/mol. The lowest BCUT2D eigenvalue weighted by atomic mass is 9.95. The van der Waals surface area contributed by atoms with Gasteiger partial charge in [0.2, 0.25) is 5.60 Å². The van der Waals surface area contributed by atoms with Gasteiger partial charge < -0.3 is 14.9 Å². The Kier molecular flexibility index (Phi) is 4.11. The summed E-state index contributed by atoms with van der Waals surface area (Å²) in [7, 11) is 0. The third kappa shape index (κ3) is 2.97. The van der Waals surface area contributed by atoms with Crippen LogP contribution >= 0.6 is 0 Å². The molecule has 1 saturated heterocycles. The van der Waals surface area contributed by atoms with Crippen LogP contribution in [0, 0.1) is 5.82 Å². The molecule has 2 aliphatic heterocycles. The highest BCUT2D eigenvalue weighted by Gasteiger charge is 2.42. The summed E-state index contributed by atoms with van der Waals surface area (Å²) in [4.78, 5) is 17.6. The van der Waals surface area contributed by atoms with Gasteiger partial charge in [-0.1, -0.05) is 23.4 Å². The number of nitrogens with zero attached hydrogens (tertiary/aromatic N) is 1. The van der Waals surface area contributed by atoms with Crippen molar-refractivity contribution in [2.24, 2.45) is 5.16 Å². The number of carbonyl (C=O) groups is 1. The predicted octanol–water partition coefficient (Wildman–Crippen LogP) is 2.00. The number of rotatable bonds is 4. The number of ether oxygens (including phenoxy) is 1. The van der Waals surface area contributed by atoms with E-state index in [9.17, 15) is 9.18 Å². The largest absolute Gasteiger partial charge is 0.379 e. The molecule has 6 heteroatoms. The highest BCUT2D eigenvalue weighted by molar-refractivity contribution is 6.05. The minimum absolute atomic E-state index is 0.0703. The first-order valence-corrected chi connectivity index (χ1v) is 7.48. The lowest BCUT2D eigenvalue weighted by Crippen LogP contribution is -2.46. The average molecular weight is 306 g/mol. The molecule has 1 aromatic carbocycles. The molecule has 0 spiro atoms. The first-order chi connectivity index (χ1) is 10.6. The summed E-state index contributed by atoms with van der Waals surface area (Å²) in [6.07, 6.45) is 2.29. The average Bonchev–Trinajstić information content (AvgIpc) is 3.16. The van der Waals surface area contributed by atoms with Crippen LogP contribution in [0.15, 0.2) is 29.4 Å². The van der Waals surface area contributed by atoms with Gasteiger partial charge in [-0.05, 0) is 25.8 Å². The Labute approximate surface area is 128 Å². The van der Waals surface area contributed by atoms with E-state index in [-0.39, 0.29) is 24.2 Å². The summed E-state index contributed by atoms with van der Waals surface area (Å²) in [5, 5.41) is 6.74. The third-order valence-electron chi connectivity index (χ3n) is 4.04. The first kappa shape index (κ1) is 15.0. The summed E-state index contributed by atoms with van der Waals surface area (Å²) in [5.74, 6) is -0.619. The maximum Gasteiger partial charge on any atom is 0.267 e. The van der Waals surface area contributed by atoms with Gasteiger partial charge in [0.15, 0.2) is 0 Å². The van der Waals surface area contributed by atoms with E-state index in [0.29, 0.717) is 17.8 Å². The summed E-state index contributed by atoms with van der Waals surface area (Å²) < 4.78 is 19.3. The van der Waals surface area contributed by atoms with Gasteiger partial charge in [0, 0.05) is 25.1 Å². The number of carbonyl (C=O) groups excluding carboxylic acids is 1. The molecule has 1 fully saturated rings. The van der Waals surface area contributed by atoms with Gasteiger partial charge in [-0.15, -0.1) is 0 Å². The van der Waals surface area contributed by atoms with Crippen LogP contribution in [-0.2, 0) is 14.4 Å². The van der Waals surface area contributed by atoms with Crippen LogP contribution in [0.25, 0.3) is 0 Å². The van der Waals surface area contributed by atoms with Crippen molar-refractivity contribution in [1.82, 2.24) is 5.32 Å². The standard InChI is InChI=1S/C16H19FN2O3/c1-16(15(20)18-10-11-5-4-8-21-11)9-14(19-22-16)12-6-2-3-7-13(12)17/h2-3,6-7,11H,4-5,8-10H2,1H3,(H,18,20). The van der Waals surface area contributed by atoms with E-state index in [1.807, 2.05) is 0 Å². The van der Waals surface area contributed by atoms with E-state index in [2.05, 4.69) is 10.5 Å². The fourth-order valence-electron chi connectivity index (χ4n) is 2.70. The Morgan fingerprint density at radius 1 is 1.50 bits per heavy atom. The van der Waals surface area contributed by atoms with Crippen molar-refractivity contribution >= 4 is 11.6 Å². The molecule has 0 aromatic heterocycles. The first-order valence-electron chi connectivity index (χ1n) is 7.48. The Morgan fingerprint density at radius 2 is 2.32 bits per heavy atom. The molecule has 1 N–H and O–H groups in total. The van der Waals surface area contributed by atoms with Gasteiger partial charge in [0.05, 0.1) is 11.8 Å². The zero-order valence-corrected chi connectivity index (χ0v) is 12.5. The molecule has 2 aliphatic rings. The molecule has 5 nitrogen and oxygen atoms in total. The fraction of sp³-hybridized carbons (Fsp3) is 0.500. The Balaban J connectivity index is 1.61. The van der Waals surface area contributed by atoms with Crippen LogP contribution in [0.2, 0.25) is 0 Å². The zero-order valence-electron chi connectivity index (χ0n) is 12.5. The van der Waals surface area contributed by atoms with Crippen LogP contribution < -0.4 is 5.32 Å². The monoisotopic (exact) mass is 306 g/mol. The number of oxime groups is 1. The second-order valence-corrected chi connectivity index (χ2v) is 5.86. The number of hydrogen-bond acceptors (Lipinski definition) is 4. The second-order valence-electron chi connectivity index (χ2n) is 5.86. The Bertz CT molecular complexity index is 599. The molecule has 0 radical (unpaired) electrons. The number of nitrogens with one attached hydrogen (secondary N) is 1. The van der Waals surface area contributed by atoms with E-state index < -0.39 is 5.60 Å². The molecule has 0 aliphatic carbocycles. The molecule has 0 bridgehead atoms. The van der Waals surface area contributed by atoms with Crippen molar-refractivity contribution in [3.63, 3.8) is 0 Å². The summed E-state index contributed by atoms with van der Waals surface area (Å²) in [5.41, 5.74) is -0.276. The Morgan fingerprint density at radius 3 is 3.05 bits per heavy atom. The highest BCUT2D eigenvalue weighted by Crippen LogP contribution is 2.27. The van der Waals surface area contributed by atoms with Gasteiger partial charge in [0.25, 0.3) is 5.91 Å². The lowest BCUT2D eigenvalue weighted by Gasteiger charge is -2.21. The van der Waals surface area contributed by atoms with Gasteiger partial charge in [-0.3, -0.25) is 4.79 Å². The molecule has 2 heterocycles. The summed E-state index contributed by atoms with van der Waals surface area (Å²) in [6.45, 7) is 2.87. The van der Waals surface area contributed by atoms with Gasteiger partial charge >= 0.3 is 0 Å². The molecular weight excluding hydrogens is 287 g/mol. The third-order valence-corrected chi connectivity index (χ3v) is 4.04. The van der Waals surface area contributed by atoms with Crippen LogP contribution in [0.3, 0.4) is 0 Å². The van der Waals surface area contributed by atoms with Crippen LogP contribution in [0.5, 0.6) is 0 Å². The van der Waals surface area contributed by atoms with Crippen molar-refractivity contribution in [3.8, 4) is 0 Å². The molecule has 1 amide bonds. The van der Waals surface area contributed by atoms with E-state index in [1.54, 1.807) is 25.1 Å². The molecule has 22 heavy (non-hydrogen) atoms. The van der Waals surface area contributed by atoms with E-state index in [1.165, 1.54) is 6.07 Å². The lowest BCUT2D eigenvalue weighted by molar-refractivity contribution is -0.142. The minimum atomic E-state index is -1.10. The fourth-order valence-corrected chi connectivity index (χ4v) is 2.70. The molecular formula is C16H19FN2O3. The van der Waals surface area contributed by atoms with Gasteiger partial charge in [0.1, 0.15) is 5.82 Å². The van der Waals surface area contributed by atoms with Crippen LogP contribution in [0.1, 0.15) is 31.7 Å². The quantitative estimate of drug-likeness (QED) is 0.925. The number of hydrogen-bond donors (Lipinski definition) is 1. The van der Waals surface area contributed by atoms with Crippen molar-refractivity contribution in [2.75, 3.05) is 13.2 Å². The minimum Gasteiger partial charge on any atom is -0.379 e. The topological polar surface area (TPSA) is 59.9 Å². The van der Waals surface area contributed by atoms with Crippen LogP contribution in [0.4, 0.5) is 4.39 Å². The van der Waals surface area contributed by atoms with Crippen molar-refractivity contribution < 1.29 is 18.8 Å². The number of benzene rings is 1. The van der Waals surface area contributed by atoms with Crippen molar-refractivity contribution in [3.05, 3.63) is 35.6 Å². The summed E-state index contributed by atoms with van der Waals surface area (Å²) >= 11 is 0. The van der Waals surface area contributed by atoms with E-state index in [4.69, 9.17) is 9.57 Å². The van der Waals surface area contributed by atoms with E-state index >= 15 is 0 Å². The zero-order chi connectivity index (χ0) is 15.6. The van der Waals surface area contributed by atoms with Crippen LogP contribution in [-0.4, -0.2) is 36.5 Å². The number of halogens is 1. The highest BCUT2D eigenvalue weighted by atomic mass is 19.1. The van der Waals surface area contributed by atoms with Gasteiger partial charge in [-0.25, -0.2) is 4.39 Å². The smallest absolute Gasteiger partial charge is 0.267 e. The number of amides is 1. The SMILES string of the molecule is CC1(C(=O)NCC2CCCO2)CC(c2ccccc2F)=NO1. The molecule has 1 aromatic rings. The molecule has 0 saturated carbocycles. The Hall–Kier alpha value is -1.95. The summed E-state index contributed by atoms with van der Waals surface area (Å²) in [6, 6.07) is 6.34. The molecule has 2 unspecified atom stereocenters. The maximum atomic E-state index is 13.8. The second kappa shape index (κ2) is 6.04.